The molecular weight excluding hydrogens is 745 g/mol. The first kappa shape index (κ1) is 33.8. The van der Waals surface area contributed by atoms with Gasteiger partial charge in [0.05, 0.1) is 0 Å². The van der Waals surface area contributed by atoms with Crippen molar-refractivity contribution in [2.45, 2.75) is 187 Å². The molecule has 0 heterocycles. The number of rotatable bonds is 8. The normalized spacial score (nSPS) is 55.7. The van der Waals surface area contributed by atoms with E-state index in [2.05, 4.69) is 24.3 Å². The molecule has 1 aromatic carbocycles. The predicted octanol–water partition coefficient (Wildman–Crippen LogP) is 13.5. The first-order valence-corrected chi connectivity index (χ1v) is 26.1. The van der Waals surface area contributed by atoms with Gasteiger partial charge in [0.15, 0.2) is 0 Å². The van der Waals surface area contributed by atoms with Crippen molar-refractivity contribution in [2.75, 3.05) is 0 Å². The van der Waals surface area contributed by atoms with Crippen molar-refractivity contribution in [3.63, 3.8) is 0 Å². The van der Waals surface area contributed by atoms with Crippen molar-refractivity contribution in [2.24, 2.45) is 71.0 Å². The predicted molar refractivity (Wildman–Crippen MR) is 211 cm³/mol. The fourth-order valence-corrected chi connectivity index (χ4v) is 30.9. The maximum absolute atomic E-state index is 2.78. The average molecular weight is 813 g/mol. The summed E-state index contributed by atoms with van der Waals surface area (Å²) in [6.07, 6.45) is 42.6. The van der Waals surface area contributed by atoms with E-state index in [1.165, 1.54) is 0 Å². The topological polar surface area (TPSA) is 0 Å². The zero-order valence-electron chi connectivity index (χ0n) is 31.8. The van der Waals surface area contributed by atoms with E-state index in [9.17, 15) is 0 Å². The van der Waals surface area contributed by atoms with Crippen LogP contribution in [0.1, 0.15) is 165 Å². The first-order valence-electron chi connectivity index (χ1n) is 23.0. The van der Waals surface area contributed by atoms with E-state index in [0.29, 0.717) is 0 Å². The zero-order valence-corrected chi connectivity index (χ0v) is 35.2. The second kappa shape index (κ2) is 11.9. The third-order valence-corrected chi connectivity index (χ3v) is 28.2. The van der Waals surface area contributed by atoms with Crippen molar-refractivity contribution in [1.82, 2.24) is 0 Å². The van der Waals surface area contributed by atoms with Crippen LogP contribution in [-0.4, -0.2) is 20.6 Å². The summed E-state index contributed by atoms with van der Waals surface area (Å²) in [7, 11) is 0.0536. The molecule has 0 radical (unpaired) electrons. The van der Waals surface area contributed by atoms with Crippen LogP contribution in [-0.2, 0) is 32.7 Å². The summed E-state index contributed by atoms with van der Waals surface area (Å²) in [6.45, 7) is 0. The first-order chi connectivity index (χ1) is 24.4. The Morgan fingerprint density at radius 1 is 0.333 bits per heavy atom. The van der Waals surface area contributed by atoms with Crippen molar-refractivity contribution in [1.29, 1.82) is 0 Å². The van der Waals surface area contributed by atoms with Crippen LogP contribution >= 0.6 is 15.8 Å². The minimum absolute atomic E-state index is 0. The number of hydrogen-bond acceptors (Lipinski definition) is 0. The molecule has 16 bridgehead atoms. The molecule has 280 valence electrons. The Morgan fingerprint density at radius 3 is 0.686 bits per heavy atom. The molecule has 51 heavy (non-hydrogen) atoms. The summed E-state index contributed by atoms with van der Waals surface area (Å²) in [5, 5.41) is 3.03. The molecule has 16 saturated carbocycles. The Kier molecular flexibility index (Phi) is 7.89. The van der Waals surface area contributed by atoms with Gasteiger partial charge >= 0.3 is 0 Å². The van der Waals surface area contributed by atoms with Crippen LogP contribution in [0, 0.1) is 71.0 Å². The number of hydrogen-bond donors (Lipinski definition) is 0. The van der Waals surface area contributed by atoms with Crippen molar-refractivity contribution in [3.8, 4) is 0 Å². The fourth-order valence-electron chi connectivity index (χ4n) is 20.5. The van der Waals surface area contributed by atoms with Crippen molar-refractivity contribution in [3.05, 3.63) is 35.4 Å². The van der Waals surface area contributed by atoms with Crippen LogP contribution in [0.25, 0.3) is 0 Å². The van der Waals surface area contributed by atoms with Gasteiger partial charge in [-0.05, 0) is 269 Å². The second-order valence-corrected chi connectivity index (χ2v) is 29.6. The summed E-state index contributed by atoms with van der Waals surface area (Å²) >= 11 is 0. The number of benzene rings is 1. The Labute approximate surface area is 327 Å². The van der Waals surface area contributed by atoms with Crippen molar-refractivity contribution >= 4 is 15.8 Å². The van der Waals surface area contributed by atoms with Gasteiger partial charge in [-0.1, -0.05) is 40.1 Å². The molecule has 0 unspecified atom stereocenters. The smallest absolute Gasteiger partial charge is 0 e. The van der Waals surface area contributed by atoms with Gasteiger partial charge in [-0.15, -0.1) is 0 Å². The molecule has 0 aromatic heterocycles. The Bertz CT molecular complexity index is 1200. The summed E-state index contributed by atoms with van der Waals surface area (Å²) in [5.41, 5.74) is 3.87. The molecule has 0 nitrogen and oxygen atoms in total. The maximum atomic E-state index is 2.78. The van der Waals surface area contributed by atoms with Crippen molar-refractivity contribution < 1.29 is 20.4 Å². The molecule has 0 aliphatic heterocycles. The summed E-state index contributed by atoms with van der Waals surface area (Å²) in [5.74, 6) is 13.3. The molecule has 16 aliphatic carbocycles. The van der Waals surface area contributed by atoms with Gasteiger partial charge in [-0.2, -0.15) is 0 Å². The van der Waals surface area contributed by atoms with Crippen LogP contribution in [0.4, 0.5) is 0 Å². The third kappa shape index (κ3) is 5.24. The fraction of sp³-hybridized carbons (Fsp3) is 0.875. The molecule has 16 aliphatic rings. The molecule has 16 fully saturated rings. The van der Waals surface area contributed by atoms with Gasteiger partial charge in [-0.25, -0.2) is 0 Å². The van der Waals surface area contributed by atoms with Crippen LogP contribution in [0.2, 0.25) is 0 Å². The minimum atomic E-state index is 0. The van der Waals surface area contributed by atoms with Gasteiger partial charge in [0.2, 0.25) is 0 Å². The van der Waals surface area contributed by atoms with Crippen LogP contribution < -0.4 is 0 Å². The van der Waals surface area contributed by atoms with E-state index in [1.54, 1.807) is 166 Å². The molecule has 0 N–H and O–H groups in total. The Morgan fingerprint density at radius 2 is 0.510 bits per heavy atom. The Hall–Kier alpha value is 0.742. The van der Waals surface area contributed by atoms with Gasteiger partial charge in [0.1, 0.15) is 0 Å². The SMILES string of the molecule is [Pd].c1ccc(CP(C23CC4CC(CC(C4)C2)C3)C23CC4CC(CC(C4)C2)C3)c(CP(C23CC4CC(CC(C4)C2)C3)C23CC4CC(CC(C4)C2)C3)c1. The molecule has 0 spiro atoms. The standard InChI is InChI=1S/C48H68P2.Pd/c1-2-4-44(30-50(47-23-37-11-38(24-47)13-39(12-37)25-47)48-26-40-14-41(27-48)16-42(15-40)28-48)43(3-1)29-49(45-17-31-5-32(18-45)7-33(6-31)19-45)46-20-34-8-35(21-46)10-36(9-34)22-46;/h1-4,31-42H,5-30H2;. The van der Waals surface area contributed by atoms with Crippen LogP contribution in [0.3, 0.4) is 0 Å². The van der Waals surface area contributed by atoms with Gasteiger partial charge in [0.25, 0.3) is 0 Å². The van der Waals surface area contributed by atoms with Gasteiger partial charge in [-0.3, -0.25) is 0 Å². The largest absolute Gasteiger partial charge is 0.0894 e. The summed E-state index contributed by atoms with van der Waals surface area (Å²) in [6, 6.07) is 10.6. The van der Waals surface area contributed by atoms with Gasteiger partial charge < -0.3 is 0 Å². The van der Waals surface area contributed by atoms with Crippen LogP contribution in [0.5, 0.6) is 0 Å². The van der Waals surface area contributed by atoms with E-state index in [1.807, 2.05) is 11.1 Å². The van der Waals surface area contributed by atoms with E-state index >= 15 is 0 Å². The Balaban J connectivity index is 0.00000296. The van der Waals surface area contributed by atoms with Crippen LogP contribution in [0.15, 0.2) is 24.3 Å². The molecule has 1 aromatic rings. The average Bonchev–Trinajstić information content (AvgIpc) is 3.04. The maximum Gasteiger partial charge on any atom is 0 e. The molecule has 3 heteroatoms. The quantitative estimate of drug-likeness (QED) is 0.181. The van der Waals surface area contributed by atoms with E-state index in [-0.39, 0.29) is 36.3 Å². The summed E-state index contributed by atoms with van der Waals surface area (Å²) < 4.78 is 0. The molecule has 17 rings (SSSR count). The van der Waals surface area contributed by atoms with E-state index in [0.717, 1.165) is 91.6 Å². The molecule has 0 saturated heterocycles. The van der Waals surface area contributed by atoms with E-state index < -0.39 is 0 Å². The zero-order chi connectivity index (χ0) is 32.5. The summed E-state index contributed by atoms with van der Waals surface area (Å²) in [4.78, 5) is 0. The molecular formula is C48H68P2Pd. The monoisotopic (exact) mass is 812 g/mol. The third-order valence-electron chi connectivity index (χ3n) is 20.1. The molecule has 0 atom stereocenters. The molecule has 0 amide bonds. The van der Waals surface area contributed by atoms with Gasteiger partial charge in [0, 0.05) is 20.4 Å². The van der Waals surface area contributed by atoms with E-state index in [4.69, 9.17) is 0 Å². The minimum Gasteiger partial charge on any atom is -0.0894 e. The second-order valence-electron chi connectivity index (χ2n) is 23.5.